The Morgan fingerprint density at radius 3 is 1.50 bits per heavy atom. The molecular weight excluding hydrogens is 240 g/mol. The van der Waals surface area contributed by atoms with Crippen LogP contribution in [0.2, 0.25) is 0 Å². The fourth-order valence-electron chi connectivity index (χ4n) is 2.51. The van der Waals surface area contributed by atoms with Gasteiger partial charge in [-0.05, 0) is 0 Å². The molecule has 0 N–H and O–H groups in total. The van der Waals surface area contributed by atoms with Gasteiger partial charge in [0.2, 0.25) is 0 Å². The fraction of sp³-hybridized carbons (Fsp3) is 1.00. The number of rotatable bonds is 6. The Kier molecular flexibility index (Phi) is 3.02. The standard InChI is InChI=1S/C12H18O6/c1-7(13-1)3-15-9-5-17-12-10(6-18-11(9)12)16-4-8-2-14-8/h7-12H,1-6H2/t7?,8?,9-,10-,11+,12+/m1/s1. The van der Waals surface area contributed by atoms with E-state index in [9.17, 15) is 0 Å². The molecule has 6 heteroatoms. The van der Waals surface area contributed by atoms with E-state index in [0.717, 1.165) is 13.2 Å². The van der Waals surface area contributed by atoms with Gasteiger partial charge in [-0.25, -0.2) is 0 Å². The molecule has 0 amide bonds. The maximum Gasteiger partial charge on any atom is 0.115 e. The quantitative estimate of drug-likeness (QED) is 0.590. The summed E-state index contributed by atoms with van der Waals surface area (Å²) in [5, 5.41) is 0. The van der Waals surface area contributed by atoms with Crippen molar-refractivity contribution in [3.8, 4) is 0 Å². The lowest BCUT2D eigenvalue weighted by Crippen LogP contribution is -2.35. The van der Waals surface area contributed by atoms with E-state index in [1.54, 1.807) is 0 Å². The summed E-state index contributed by atoms with van der Waals surface area (Å²) in [5.74, 6) is 0. The molecule has 0 bridgehead atoms. The highest BCUT2D eigenvalue weighted by atomic mass is 16.7. The largest absolute Gasteiger partial charge is 0.371 e. The molecule has 2 unspecified atom stereocenters. The average molecular weight is 258 g/mol. The second kappa shape index (κ2) is 4.70. The molecule has 0 spiro atoms. The summed E-state index contributed by atoms with van der Waals surface area (Å²) in [6, 6.07) is 0. The van der Waals surface area contributed by atoms with Gasteiger partial charge in [0, 0.05) is 0 Å². The van der Waals surface area contributed by atoms with Gasteiger partial charge in [-0.3, -0.25) is 0 Å². The van der Waals surface area contributed by atoms with Crippen LogP contribution in [-0.2, 0) is 28.4 Å². The molecule has 102 valence electrons. The van der Waals surface area contributed by atoms with Crippen LogP contribution in [0, 0.1) is 0 Å². The average Bonchev–Trinajstić information content (AvgIpc) is 3.28. The molecule has 0 radical (unpaired) electrons. The summed E-state index contributed by atoms with van der Waals surface area (Å²) in [6.45, 7) is 4.08. The van der Waals surface area contributed by atoms with Crippen molar-refractivity contribution in [2.45, 2.75) is 36.6 Å². The van der Waals surface area contributed by atoms with Gasteiger partial charge in [-0.15, -0.1) is 0 Å². The van der Waals surface area contributed by atoms with Crippen LogP contribution in [0.4, 0.5) is 0 Å². The Balaban J connectivity index is 1.27. The third-order valence-electron chi connectivity index (χ3n) is 3.76. The van der Waals surface area contributed by atoms with Crippen LogP contribution < -0.4 is 0 Å². The lowest BCUT2D eigenvalue weighted by molar-refractivity contribution is -0.0541. The Morgan fingerprint density at radius 2 is 1.11 bits per heavy atom. The highest BCUT2D eigenvalue weighted by Crippen LogP contribution is 2.31. The third kappa shape index (κ3) is 2.41. The molecule has 0 aromatic carbocycles. The summed E-state index contributed by atoms with van der Waals surface area (Å²) in [7, 11) is 0. The first-order chi connectivity index (χ1) is 8.90. The molecule has 0 aromatic rings. The van der Waals surface area contributed by atoms with Gasteiger partial charge >= 0.3 is 0 Å². The maximum absolute atomic E-state index is 5.77. The van der Waals surface area contributed by atoms with E-state index >= 15 is 0 Å². The Bertz CT molecular complexity index is 273. The van der Waals surface area contributed by atoms with Crippen LogP contribution in [-0.4, -0.2) is 76.3 Å². The molecule has 0 aromatic heterocycles. The van der Waals surface area contributed by atoms with Crippen molar-refractivity contribution in [2.75, 3.05) is 39.6 Å². The molecule has 0 saturated carbocycles. The third-order valence-corrected chi connectivity index (χ3v) is 3.76. The normalized spacial score (nSPS) is 49.3. The molecule has 0 aliphatic carbocycles. The molecule has 4 saturated heterocycles. The van der Waals surface area contributed by atoms with Crippen molar-refractivity contribution in [1.29, 1.82) is 0 Å². The van der Waals surface area contributed by atoms with E-state index in [0.29, 0.717) is 26.4 Å². The number of hydrogen-bond donors (Lipinski definition) is 0. The van der Waals surface area contributed by atoms with E-state index in [1.807, 2.05) is 0 Å². The van der Waals surface area contributed by atoms with Gasteiger partial charge in [0.25, 0.3) is 0 Å². The van der Waals surface area contributed by atoms with Crippen molar-refractivity contribution in [1.82, 2.24) is 0 Å². The zero-order valence-corrected chi connectivity index (χ0v) is 10.2. The number of epoxide rings is 2. The van der Waals surface area contributed by atoms with E-state index < -0.39 is 0 Å². The number of fused-ring (bicyclic) bond motifs is 1. The maximum atomic E-state index is 5.77. The molecular formula is C12H18O6. The topological polar surface area (TPSA) is 62.0 Å². The lowest BCUT2D eigenvalue weighted by atomic mass is 10.1. The van der Waals surface area contributed by atoms with E-state index in [2.05, 4.69) is 0 Å². The predicted molar refractivity (Wildman–Crippen MR) is 58.4 cm³/mol. The Labute approximate surface area is 105 Å². The number of ether oxygens (including phenoxy) is 6. The van der Waals surface area contributed by atoms with Crippen LogP contribution in [0.1, 0.15) is 0 Å². The zero-order valence-electron chi connectivity index (χ0n) is 10.2. The van der Waals surface area contributed by atoms with Gasteiger partial charge in [-0.2, -0.15) is 0 Å². The second-order valence-corrected chi connectivity index (χ2v) is 5.25. The summed E-state index contributed by atoms with van der Waals surface area (Å²) < 4.78 is 33.3. The molecule has 4 heterocycles. The van der Waals surface area contributed by atoms with Gasteiger partial charge < -0.3 is 28.4 Å². The predicted octanol–water partition coefficient (Wildman–Crippen LogP) is -0.648. The monoisotopic (exact) mass is 258 g/mol. The van der Waals surface area contributed by atoms with E-state index in [1.165, 1.54) is 0 Å². The smallest absolute Gasteiger partial charge is 0.115 e. The molecule has 4 fully saturated rings. The van der Waals surface area contributed by atoms with Crippen molar-refractivity contribution in [3.05, 3.63) is 0 Å². The van der Waals surface area contributed by atoms with Crippen LogP contribution in [0.25, 0.3) is 0 Å². The Hall–Kier alpha value is -0.240. The zero-order chi connectivity index (χ0) is 11.9. The van der Waals surface area contributed by atoms with Crippen LogP contribution >= 0.6 is 0 Å². The van der Waals surface area contributed by atoms with Crippen molar-refractivity contribution in [2.24, 2.45) is 0 Å². The fourth-order valence-corrected chi connectivity index (χ4v) is 2.51. The first-order valence-corrected chi connectivity index (χ1v) is 6.60. The highest BCUT2D eigenvalue weighted by molar-refractivity contribution is 4.96. The summed E-state index contributed by atoms with van der Waals surface area (Å²) in [5.41, 5.74) is 0. The van der Waals surface area contributed by atoms with E-state index in [4.69, 9.17) is 28.4 Å². The van der Waals surface area contributed by atoms with Gasteiger partial charge in [0.05, 0.1) is 39.6 Å². The molecule has 6 atom stereocenters. The Morgan fingerprint density at radius 1 is 0.667 bits per heavy atom. The molecule has 18 heavy (non-hydrogen) atoms. The van der Waals surface area contributed by atoms with Crippen LogP contribution in [0.3, 0.4) is 0 Å². The van der Waals surface area contributed by atoms with Crippen molar-refractivity contribution >= 4 is 0 Å². The van der Waals surface area contributed by atoms with Crippen LogP contribution in [0.15, 0.2) is 0 Å². The summed E-state index contributed by atoms with van der Waals surface area (Å²) in [6.07, 6.45) is 0.617. The minimum absolute atomic E-state index is 0.00821. The number of hydrogen-bond acceptors (Lipinski definition) is 6. The molecule has 4 aliphatic rings. The molecule has 6 nitrogen and oxygen atoms in total. The SMILES string of the molecule is C1OC1CO[C@@H]1CO[C@@H]2[C@H]1OC[C@H]2OCC1CO1. The minimum atomic E-state index is 0.00821. The van der Waals surface area contributed by atoms with Crippen LogP contribution in [0.5, 0.6) is 0 Å². The summed E-state index contributed by atoms with van der Waals surface area (Å²) in [4.78, 5) is 0. The van der Waals surface area contributed by atoms with Gasteiger partial charge in [0.1, 0.15) is 36.6 Å². The highest BCUT2D eigenvalue weighted by Gasteiger charge is 2.49. The lowest BCUT2D eigenvalue weighted by Gasteiger charge is -2.16. The van der Waals surface area contributed by atoms with Gasteiger partial charge in [-0.1, -0.05) is 0 Å². The molecule has 4 rings (SSSR count). The first kappa shape index (κ1) is 11.6. The van der Waals surface area contributed by atoms with E-state index in [-0.39, 0.29) is 36.6 Å². The van der Waals surface area contributed by atoms with Crippen molar-refractivity contribution < 1.29 is 28.4 Å². The first-order valence-electron chi connectivity index (χ1n) is 6.60. The summed E-state index contributed by atoms with van der Waals surface area (Å²) >= 11 is 0. The molecule has 4 aliphatic heterocycles. The minimum Gasteiger partial charge on any atom is -0.371 e. The van der Waals surface area contributed by atoms with Crippen molar-refractivity contribution in [3.63, 3.8) is 0 Å². The van der Waals surface area contributed by atoms with Gasteiger partial charge in [0.15, 0.2) is 0 Å². The second-order valence-electron chi connectivity index (χ2n) is 5.25.